The zero-order valence-electron chi connectivity index (χ0n) is 12.1. The van der Waals surface area contributed by atoms with E-state index < -0.39 is 0 Å². The van der Waals surface area contributed by atoms with Crippen LogP contribution in [-0.2, 0) is 12.8 Å². The summed E-state index contributed by atoms with van der Waals surface area (Å²) >= 11 is 3.65. The third-order valence-corrected chi connectivity index (χ3v) is 5.46. The Kier molecular flexibility index (Phi) is 4.73. The Labute approximate surface area is 134 Å². The molecule has 3 aromatic rings. The molecule has 0 aliphatic carbocycles. The molecule has 1 aromatic carbocycles. The van der Waals surface area contributed by atoms with Gasteiger partial charge in [0.25, 0.3) is 0 Å². The van der Waals surface area contributed by atoms with Gasteiger partial charge in [-0.1, -0.05) is 31.2 Å². The molecule has 0 fully saturated rings. The number of hydrogen-bond acceptors (Lipinski definition) is 3. The summed E-state index contributed by atoms with van der Waals surface area (Å²) in [5.74, 6) is 0. The highest BCUT2D eigenvalue weighted by molar-refractivity contribution is 7.10. The van der Waals surface area contributed by atoms with Crippen LogP contribution in [0.5, 0.6) is 0 Å². The van der Waals surface area contributed by atoms with Crippen molar-refractivity contribution in [3.05, 3.63) is 74.6 Å². The van der Waals surface area contributed by atoms with Gasteiger partial charge in [-0.15, -0.1) is 22.7 Å². The minimum atomic E-state index is 0.344. The number of benzene rings is 1. The zero-order chi connectivity index (χ0) is 14.5. The van der Waals surface area contributed by atoms with Crippen LogP contribution >= 0.6 is 22.7 Å². The van der Waals surface area contributed by atoms with Gasteiger partial charge in [-0.05, 0) is 47.0 Å². The van der Waals surface area contributed by atoms with E-state index in [2.05, 4.69) is 71.5 Å². The first-order valence-electron chi connectivity index (χ1n) is 7.26. The van der Waals surface area contributed by atoms with Gasteiger partial charge in [-0.25, -0.2) is 0 Å². The molecule has 0 spiro atoms. The molecule has 0 bridgehead atoms. The summed E-state index contributed by atoms with van der Waals surface area (Å²) in [7, 11) is 0. The van der Waals surface area contributed by atoms with Crippen LogP contribution in [0.2, 0.25) is 0 Å². The van der Waals surface area contributed by atoms with Crippen molar-refractivity contribution in [1.29, 1.82) is 0 Å². The molecular formula is C18H19NS2. The van der Waals surface area contributed by atoms with Crippen LogP contribution in [0.15, 0.2) is 59.3 Å². The molecule has 1 unspecified atom stereocenters. The quantitative estimate of drug-likeness (QED) is 0.609. The molecule has 2 aromatic heterocycles. The predicted molar refractivity (Wildman–Crippen MR) is 94.5 cm³/mol. The smallest absolute Gasteiger partial charge is 0.0654 e. The molecule has 0 radical (unpaired) electrons. The first-order valence-corrected chi connectivity index (χ1v) is 9.02. The second kappa shape index (κ2) is 6.92. The maximum atomic E-state index is 3.69. The van der Waals surface area contributed by atoms with E-state index in [1.165, 1.54) is 21.0 Å². The molecule has 3 heteroatoms. The fourth-order valence-corrected chi connectivity index (χ4v) is 3.91. The summed E-state index contributed by atoms with van der Waals surface area (Å²) in [5, 5.41) is 7.99. The molecule has 1 nitrogen and oxygen atoms in total. The summed E-state index contributed by atoms with van der Waals surface area (Å²) in [6, 6.07) is 17.8. The lowest BCUT2D eigenvalue weighted by Gasteiger charge is -2.18. The molecule has 21 heavy (non-hydrogen) atoms. The zero-order valence-corrected chi connectivity index (χ0v) is 13.7. The normalized spacial score (nSPS) is 12.2. The van der Waals surface area contributed by atoms with Crippen molar-refractivity contribution in [1.82, 2.24) is 0 Å². The molecule has 0 aliphatic heterocycles. The van der Waals surface area contributed by atoms with Crippen LogP contribution in [0.4, 0.5) is 5.69 Å². The second-order valence-corrected chi connectivity index (χ2v) is 7.06. The van der Waals surface area contributed by atoms with Crippen LogP contribution in [0.1, 0.15) is 28.3 Å². The number of thiophene rings is 2. The first kappa shape index (κ1) is 14.4. The lowest BCUT2D eigenvalue weighted by Crippen LogP contribution is -2.11. The minimum Gasteiger partial charge on any atom is -0.377 e. The Hall–Kier alpha value is -1.58. The van der Waals surface area contributed by atoms with Crippen LogP contribution in [0.3, 0.4) is 0 Å². The fraction of sp³-hybridized carbons (Fsp3) is 0.222. The van der Waals surface area contributed by atoms with Crippen molar-refractivity contribution < 1.29 is 0 Å². The van der Waals surface area contributed by atoms with Crippen molar-refractivity contribution in [3.63, 3.8) is 0 Å². The Balaban J connectivity index is 1.78. The van der Waals surface area contributed by atoms with E-state index in [1.54, 1.807) is 0 Å². The number of aryl methyl sites for hydroxylation is 1. The number of hydrogen-bond donors (Lipinski definition) is 1. The van der Waals surface area contributed by atoms with Gasteiger partial charge in [0.15, 0.2) is 0 Å². The van der Waals surface area contributed by atoms with Crippen molar-refractivity contribution in [2.45, 2.75) is 25.8 Å². The van der Waals surface area contributed by atoms with E-state index in [1.807, 2.05) is 22.7 Å². The van der Waals surface area contributed by atoms with Crippen LogP contribution < -0.4 is 5.32 Å². The molecule has 108 valence electrons. The van der Waals surface area contributed by atoms with E-state index in [4.69, 9.17) is 0 Å². The average Bonchev–Trinajstić information content (AvgIpc) is 3.21. The predicted octanol–water partition coefficient (Wildman–Crippen LogP) is 5.77. The molecule has 0 aliphatic rings. The molecule has 2 heterocycles. The highest BCUT2D eigenvalue weighted by Gasteiger charge is 2.14. The van der Waals surface area contributed by atoms with E-state index in [-0.39, 0.29) is 0 Å². The Morgan fingerprint density at radius 3 is 2.33 bits per heavy atom. The third kappa shape index (κ3) is 3.74. The monoisotopic (exact) mass is 313 g/mol. The van der Waals surface area contributed by atoms with Crippen LogP contribution in [-0.4, -0.2) is 0 Å². The maximum absolute atomic E-state index is 3.69. The van der Waals surface area contributed by atoms with Crippen molar-refractivity contribution in [2.24, 2.45) is 0 Å². The van der Waals surface area contributed by atoms with Gasteiger partial charge in [0.2, 0.25) is 0 Å². The summed E-state index contributed by atoms with van der Waals surface area (Å²) in [4.78, 5) is 2.81. The number of anilines is 1. The fourth-order valence-electron chi connectivity index (χ4n) is 2.38. The van der Waals surface area contributed by atoms with E-state index >= 15 is 0 Å². The van der Waals surface area contributed by atoms with Gasteiger partial charge >= 0.3 is 0 Å². The SMILES string of the molecule is CCc1ccc(NC(Cc2cccs2)c2cccs2)cc1. The van der Waals surface area contributed by atoms with Crippen molar-refractivity contribution >= 4 is 28.4 Å². The van der Waals surface area contributed by atoms with Gasteiger partial charge in [0.05, 0.1) is 6.04 Å². The topological polar surface area (TPSA) is 12.0 Å². The highest BCUT2D eigenvalue weighted by Crippen LogP contribution is 2.28. The largest absolute Gasteiger partial charge is 0.377 e. The molecular weight excluding hydrogens is 294 g/mol. The first-order chi connectivity index (χ1) is 10.3. The van der Waals surface area contributed by atoms with Crippen molar-refractivity contribution in [3.8, 4) is 0 Å². The molecule has 1 N–H and O–H groups in total. The lowest BCUT2D eigenvalue weighted by molar-refractivity contribution is 0.802. The Morgan fingerprint density at radius 1 is 0.952 bits per heavy atom. The van der Waals surface area contributed by atoms with Gasteiger partial charge in [0.1, 0.15) is 0 Å². The van der Waals surface area contributed by atoms with Gasteiger partial charge in [-0.2, -0.15) is 0 Å². The van der Waals surface area contributed by atoms with Crippen molar-refractivity contribution in [2.75, 3.05) is 5.32 Å². The Morgan fingerprint density at radius 2 is 1.71 bits per heavy atom. The average molecular weight is 313 g/mol. The van der Waals surface area contributed by atoms with Gasteiger partial charge < -0.3 is 5.32 Å². The molecule has 0 saturated heterocycles. The highest BCUT2D eigenvalue weighted by atomic mass is 32.1. The molecule has 0 saturated carbocycles. The Bertz CT molecular complexity index is 639. The second-order valence-electron chi connectivity index (χ2n) is 5.05. The van der Waals surface area contributed by atoms with Gasteiger partial charge in [-0.3, -0.25) is 0 Å². The van der Waals surface area contributed by atoms with E-state index in [0.29, 0.717) is 6.04 Å². The number of nitrogens with one attached hydrogen (secondary N) is 1. The van der Waals surface area contributed by atoms with Gasteiger partial charge in [0, 0.05) is 21.9 Å². The minimum absolute atomic E-state index is 0.344. The standard InChI is InChI=1S/C18H19NS2/c1-2-14-7-9-15(10-8-14)19-17(18-6-4-12-21-18)13-16-5-3-11-20-16/h3-12,17,19H,2,13H2,1H3. The summed E-state index contributed by atoms with van der Waals surface area (Å²) in [5.41, 5.74) is 2.58. The maximum Gasteiger partial charge on any atom is 0.0654 e. The summed E-state index contributed by atoms with van der Waals surface area (Å²) in [6.45, 7) is 2.19. The lowest BCUT2D eigenvalue weighted by atomic mass is 10.1. The molecule has 3 rings (SSSR count). The van der Waals surface area contributed by atoms with E-state index in [0.717, 1.165) is 12.8 Å². The molecule has 1 atom stereocenters. The van der Waals surface area contributed by atoms with E-state index in [9.17, 15) is 0 Å². The summed E-state index contributed by atoms with van der Waals surface area (Å²) < 4.78 is 0. The third-order valence-electron chi connectivity index (χ3n) is 3.58. The molecule has 0 amide bonds. The van der Waals surface area contributed by atoms with Crippen LogP contribution in [0, 0.1) is 0 Å². The number of rotatable bonds is 6. The van der Waals surface area contributed by atoms with Crippen LogP contribution in [0.25, 0.3) is 0 Å². The summed E-state index contributed by atoms with van der Waals surface area (Å²) in [6.07, 6.45) is 2.12.